The van der Waals surface area contributed by atoms with Gasteiger partial charge in [0.25, 0.3) is 10.0 Å². The number of aryl methyl sites for hydroxylation is 1. The first-order valence-corrected chi connectivity index (χ1v) is 7.47. The minimum Gasteiger partial charge on any atom is -0.339 e. The van der Waals surface area contributed by atoms with E-state index in [0.717, 1.165) is 0 Å². The third kappa shape index (κ3) is 3.40. The van der Waals surface area contributed by atoms with Gasteiger partial charge >= 0.3 is 0 Å². The molecule has 2 heterocycles. The third-order valence-electron chi connectivity index (χ3n) is 2.51. The molecule has 2 aromatic heterocycles. The van der Waals surface area contributed by atoms with Gasteiger partial charge in [-0.15, -0.1) is 0 Å². The van der Waals surface area contributed by atoms with Gasteiger partial charge in [-0.05, 0) is 14.0 Å². The quantitative estimate of drug-likeness (QED) is 0.619. The number of nitrogens with one attached hydrogen (secondary N) is 3. The van der Waals surface area contributed by atoms with Crippen molar-refractivity contribution in [2.75, 3.05) is 13.6 Å². The second kappa shape index (κ2) is 6.11. The first-order chi connectivity index (χ1) is 9.53. The fraction of sp³-hybridized carbons (Fsp3) is 0.500. The standard InChI is InChI=1S/C10H16N6O3S/c1-7-14-9(19-16-7)3-4-13-20(17,18)10-8(5-11-2)6-12-15-10/h6,11,13H,3-5H2,1-2H3,(H,12,15). The molecule has 0 fully saturated rings. The molecule has 0 unspecified atom stereocenters. The Hall–Kier alpha value is -1.78. The van der Waals surface area contributed by atoms with Crippen molar-refractivity contribution in [1.29, 1.82) is 0 Å². The van der Waals surface area contributed by atoms with Gasteiger partial charge in [-0.2, -0.15) is 10.1 Å². The van der Waals surface area contributed by atoms with Gasteiger partial charge in [0.05, 0.1) is 6.20 Å². The average molecular weight is 300 g/mol. The predicted molar refractivity (Wildman–Crippen MR) is 69.3 cm³/mol. The van der Waals surface area contributed by atoms with Crippen molar-refractivity contribution >= 4 is 10.0 Å². The summed E-state index contributed by atoms with van der Waals surface area (Å²) < 4.78 is 31.6. The number of aromatic amines is 1. The van der Waals surface area contributed by atoms with Crippen molar-refractivity contribution in [3.05, 3.63) is 23.5 Å². The smallest absolute Gasteiger partial charge is 0.257 e. The van der Waals surface area contributed by atoms with Crippen molar-refractivity contribution in [3.8, 4) is 0 Å². The normalized spacial score (nSPS) is 11.9. The Bertz CT molecular complexity index is 662. The lowest BCUT2D eigenvalue weighted by Gasteiger charge is -2.05. The topological polar surface area (TPSA) is 126 Å². The van der Waals surface area contributed by atoms with Crippen LogP contribution < -0.4 is 10.0 Å². The molecule has 9 nitrogen and oxygen atoms in total. The number of sulfonamides is 1. The molecule has 0 bridgehead atoms. The number of rotatable bonds is 7. The SMILES string of the molecule is CNCc1cn[nH]c1S(=O)(=O)NCCc1nc(C)no1. The van der Waals surface area contributed by atoms with Gasteiger partial charge in [0, 0.05) is 25.1 Å². The first-order valence-electron chi connectivity index (χ1n) is 5.98. The molecule has 0 amide bonds. The van der Waals surface area contributed by atoms with Crippen molar-refractivity contribution < 1.29 is 12.9 Å². The number of hydrogen-bond donors (Lipinski definition) is 3. The monoisotopic (exact) mass is 300 g/mol. The highest BCUT2D eigenvalue weighted by Gasteiger charge is 2.20. The molecule has 2 aromatic rings. The highest BCUT2D eigenvalue weighted by atomic mass is 32.2. The van der Waals surface area contributed by atoms with E-state index >= 15 is 0 Å². The molecule has 0 aliphatic heterocycles. The summed E-state index contributed by atoms with van der Waals surface area (Å²) >= 11 is 0. The van der Waals surface area contributed by atoms with Crippen LogP contribution >= 0.6 is 0 Å². The minimum atomic E-state index is -3.63. The van der Waals surface area contributed by atoms with Crippen molar-refractivity contribution in [1.82, 2.24) is 30.4 Å². The van der Waals surface area contributed by atoms with Crippen LogP contribution in [0.15, 0.2) is 15.7 Å². The molecule has 0 radical (unpaired) electrons. The van der Waals surface area contributed by atoms with Crippen LogP contribution in [0, 0.1) is 6.92 Å². The Morgan fingerprint density at radius 2 is 2.25 bits per heavy atom. The van der Waals surface area contributed by atoms with Crippen LogP contribution in [0.4, 0.5) is 0 Å². The molecule has 0 aromatic carbocycles. The van der Waals surface area contributed by atoms with E-state index in [0.29, 0.717) is 30.2 Å². The van der Waals surface area contributed by atoms with Gasteiger partial charge in [-0.1, -0.05) is 5.16 Å². The Labute approximate surface area is 116 Å². The van der Waals surface area contributed by atoms with E-state index in [1.807, 2.05) is 0 Å². The van der Waals surface area contributed by atoms with Crippen LogP contribution in [0.1, 0.15) is 17.3 Å². The molecule has 0 aliphatic rings. The lowest BCUT2D eigenvalue weighted by molar-refractivity contribution is 0.375. The maximum atomic E-state index is 12.1. The molecule has 0 spiro atoms. The Morgan fingerprint density at radius 1 is 1.45 bits per heavy atom. The zero-order chi connectivity index (χ0) is 14.6. The van der Waals surface area contributed by atoms with E-state index < -0.39 is 10.0 Å². The summed E-state index contributed by atoms with van der Waals surface area (Å²) in [5, 5.41) is 12.8. The fourth-order valence-electron chi connectivity index (χ4n) is 1.65. The summed E-state index contributed by atoms with van der Waals surface area (Å²) in [4.78, 5) is 4.00. The molecule has 20 heavy (non-hydrogen) atoms. The molecule has 2 rings (SSSR count). The van der Waals surface area contributed by atoms with Crippen molar-refractivity contribution in [2.45, 2.75) is 24.9 Å². The summed E-state index contributed by atoms with van der Waals surface area (Å²) in [6.45, 7) is 2.28. The van der Waals surface area contributed by atoms with Gasteiger partial charge in [0.1, 0.15) is 0 Å². The molecular formula is C10H16N6O3S. The van der Waals surface area contributed by atoms with Gasteiger partial charge in [-0.25, -0.2) is 13.1 Å². The van der Waals surface area contributed by atoms with Crippen molar-refractivity contribution in [2.24, 2.45) is 0 Å². The maximum absolute atomic E-state index is 12.1. The zero-order valence-corrected chi connectivity index (χ0v) is 12.0. The number of aromatic nitrogens is 4. The fourth-order valence-corrected chi connectivity index (χ4v) is 2.81. The Morgan fingerprint density at radius 3 is 2.90 bits per heavy atom. The molecular weight excluding hydrogens is 284 g/mol. The molecule has 110 valence electrons. The van der Waals surface area contributed by atoms with Crippen molar-refractivity contribution in [3.63, 3.8) is 0 Å². The third-order valence-corrected chi connectivity index (χ3v) is 3.99. The molecule has 3 N–H and O–H groups in total. The molecule has 0 atom stereocenters. The van der Waals surface area contributed by atoms with Gasteiger partial charge in [0.15, 0.2) is 10.9 Å². The largest absolute Gasteiger partial charge is 0.339 e. The zero-order valence-electron chi connectivity index (χ0n) is 11.2. The second-order valence-corrected chi connectivity index (χ2v) is 5.84. The highest BCUT2D eigenvalue weighted by molar-refractivity contribution is 7.89. The van der Waals surface area contributed by atoms with Gasteiger partial charge < -0.3 is 9.84 Å². The maximum Gasteiger partial charge on any atom is 0.257 e. The number of H-pyrrole nitrogens is 1. The summed E-state index contributed by atoms with van der Waals surface area (Å²) in [7, 11) is -1.90. The number of nitrogens with zero attached hydrogens (tertiary/aromatic N) is 3. The highest BCUT2D eigenvalue weighted by Crippen LogP contribution is 2.11. The molecule has 0 saturated carbocycles. The van der Waals surface area contributed by atoms with Gasteiger partial charge in [-0.3, -0.25) is 5.10 Å². The number of hydrogen-bond acceptors (Lipinski definition) is 7. The Balaban J connectivity index is 1.98. The first kappa shape index (κ1) is 14.6. The van der Waals surface area contributed by atoms with E-state index in [4.69, 9.17) is 4.52 Å². The Kier molecular flexibility index (Phi) is 4.47. The van der Waals surface area contributed by atoms with E-state index in [-0.39, 0.29) is 11.6 Å². The second-order valence-electron chi connectivity index (χ2n) is 4.14. The lowest BCUT2D eigenvalue weighted by atomic mass is 10.4. The summed E-state index contributed by atoms with van der Waals surface area (Å²) in [6.07, 6.45) is 1.81. The van der Waals surface area contributed by atoms with E-state index in [1.54, 1.807) is 14.0 Å². The van der Waals surface area contributed by atoms with Crippen LogP contribution in [0.5, 0.6) is 0 Å². The summed E-state index contributed by atoms with van der Waals surface area (Å²) in [5.74, 6) is 0.915. The average Bonchev–Trinajstić information content (AvgIpc) is 2.99. The van der Waals surface area contributed by atoms with Crippen LogP contribution in [0.25, 0.3) is 0 Å². The van der Waals surface area contributed by atoms with E-state index in [9.17, 15) is 8.42 Å². The minimum absolute atomic E-state index is 0.0635. The van der Waals surface area contributed by atoms with E-state index in [2.05, 4.69) is 30.4 Å². The molecule has 0 aliphatic carbocycles. The van der Waals surface area contributed by atoms with Crippen LogP contribution in [0.2, 0.25) is 0 Å². The van der Waals surface area contributed by atoms with Crippen LogP contribution in [-0.4, -0.2) is 42.3 Å². The summed E-state index contributed by atoms with van der Waals surface area (Å²) in [6, 6.07) is 0. The summed E-state index contributed by atoms with van der Waals surface area (Å²) in [5.41, 5.74) is 0.577. The van der Waals surface area contributed by atoms with E-state index in [1.165, 1.54) is 6.20 Å². The van der Waals surface area contributed by atoms with Crippen LogP contribution in [-0.2, 0) is 23.0 Å². The van der Waals surface area contributed by atoms with Crippen LogP contribution in [0.3, 0.4) is 0 Å². The lowest BCUT2D eigenvalue weighted by Crippen LogP contribution is -2.27. The molecule has 0 saturated heterocycles. The van der Waals surface area contributed by atoms with Gasteiger partial charge in [0.2, 0.25) is 5.89 Å². The molecule has 10 heteroatoms. The predicted octanol–water partition coefficient (Wildman–Crippen LogP) is -0.658.